The number of rotatable bonds is 3. The second-order valence-electron chi connectivity index (χ2n) is 2.73. The Hall–Kier alpha value is -1.39. The van der Waals surface area contributed by atoms with Gasteiger partial charge in [0.25, 0.3) is 0 Å². The summed E-state index contributed by atoms with van der Waals surface area (Å²) in [6.45, 7) is -4.89. The minimum absolute atomic E-state index is 0.248. The Kier molecular flexibility index (Phi) is 3.22. The Morgan fingerprint density at radius 3 is 2.43 bits per heavy atom. The van der Waals surface area contributed by atoms with Crippen molar-refractivity contribution in [3.63, 3.8) is 0 Å². The van der Waals surface area contributed by atoms with E-state index in [0.29, 0.717) is 11.3 Å². The van der Waals surface area contributed by atoms with Crippen LogP contribution in [0.5, 0.6) is 5.75 Å². The van der Waals surface area contributed by atoms with Crippen LogP contribution in [-0.2, 0) is 0 Å². The quantitative estimate of drug-likeness (QED) is 0.682. The lowest BCUT2D eigenvalue weighted by Crippen LogP contribution is -2.09. The SMILES string of the molecule is COc1ccccc1/C=C/[B-](F)(F)F. The number of ether oxygens (including phenoxy) is 1. The number of halogens is 3. The molecule has 0 aliphatic carbocycles. The number of para-hydroxylation sites is 1. The highest BCUT2D eigenvalue weighted by Gasteiger charge is 2.17. The molecule has 0 N–H and O–H groups in total. The average Bonchev–Trinajstić information content (AvgIpc) is 2.14. The summed E-state index contributed by atoms with van der Waals surface area (Å²) in [5, 5.41) is 0. The summed E-state index contributed by atoms with van der Waals surface area (Å²) >= 11 is 0. The molecule has 5 heteroatoms. The Morgan fingerprint density at radius 1 is 1.21 bits per heavy atom. The lowest BCUT2D eigenvalue weighted by Gasteiger charge is -2.08. The third kappa shape index (κ3) is 3.16. The second kappa shape index (κ2) is 4.22. The summed E-state index contributed by atoms with van der Waals surface area (Å²) in [7, 11) is 1.42. The van der Waals surface area contributed by atoms with Crippen molar-refractivity contribution in [1.82, 2.24) is 0 Å². The molecule has 0 unspecified atom stereocenters. The zero-order valence-corrected chi connectivity index (χ0v) is 7.58. The van der Waals surface area contributed by atoms with Crippen LogP contribution in [0.3, 0.4) is 0 Å². The van der Waals surface area contributed by atoms with Gasteiger partial charge in [0.15, 0.2) is 0 Å². The average molecular weight is 201 g/mol. The highest BCUT2D eigenvalue weighted by atomic mass is 19.4. The van der Waals surface area contributed by atoms with Gasteiger partial charge >= 0.3 is 6.98 Å². The Labute approximate surface area is 80.3 Å². The Bertz CT molecular complexity index is 333. The maximum Gasteiger partial charge on any atom is 0.502 e. The molecule has 1 aromatic carbocycles. The number of hydrogen-bond acceptors (Lipinski definition) is 1. The maximum absolute atomic E-state index is 11.9. The highest BCUT2D eigenvalue weighted by molar-refractivity contribution is 6.64. The minimum atomic E-state index is -4.89. The third-order valence-electron chi connectivity index (χ3n) is 1.63. The summed E-state index contributed by atoms with van der Waals surface area (Å²) in [6.07, 6.45) is 1.01. The fourth-order valence-corrected chi connectivity index (χ4v) is 1.02. The van der Waals surface area contributed by atoms with E-state index in [4.69, 9.17) is 4.74 Å². The van der Waals surface area contributed by atoms with E-state index in [2.05, 4.69) is 0 Å². The van der Waals surface area contributed by atoms with Crippen LogP contribution < -0.4 is 4.74 Å². The summed E-state index contributed by atoms with van der Waals surface area (Å²) < 4.78 is 40.6. The molecule has 0 aromatic heterocycles. The van der Waals surface area contributed by atoms with Crippen molar-refractivity contribution in [3.05, 3.63) is 35.8 Å². The van der Waals surface area contributed by atoms with Crippen LogP contribution in [0.15, 0.2) is 30.2 Å². The van der Waals surface area contributed by atoms with Gasteiger partial charge in [-0.2, -0.15) is 0 Å². The molecule has 1 rings (SSSR count). The van der Waals surface area contributed by atoms with Crippen molar-refractivity contribution >= 4 is 13.1 Å². The predicted molar refractivity (Wildman–Crippen MR) is 51.1 cm³/mol. The summed E-state index contributed by atoms with van der Waals surface area (Å²) in [5.74, 6) is 0.682. The van der Waals surface area contributed by atoms with Crippen LogP contribution in [0.4, 0.5) is 12.9 Å². The first-order valence-corrected chi connectivity index (χ1v) is 4.05. The van der Waals surface area contributed by atoms with Crippen LogP contribution in [0.2, 0.25) is 0 Å². The molecule has 0 saturated heterocycles. The van der Waals surface area contributed by atoms with Gasteiger partial charge in [0.1, 0.15) is 5.75 Å². The fraction of sp³-hybridized carbons (Fsp3) is 0.111. The van der Waals surface area contributed by atoms with Gasteiger partial charge in [0.05, 0.1) is 7.11 Å². The van der Waals surface area contributed by atoms with Crippen LogP contribution in [0.25, 0.3) is 6.08 Å². The normalized spacial score (nSPS) is 12.0. The first kappa shape index (κ1) is 10.7. The van der Waals surface area contributed by atoms with Gasteiger partial charge in [0, 0.05) is 5.56 Å². The molecule has 0 fully saturated rings. The number of methoxy groups -OCH3 is 1. The fourth-order valence-electron chi connectivity index (χ4n) is 1.02. The van der Waals surface area contributed by atoms with E-state index in [9.17, 15) is 12.9 Å². The Morgan fingerprint density at radius 2 is 1.86 bits per heavy atom. The maximum atomic E-state index is 11.9. The van der Waals surface area contributed by atoms with E-state index in [1.807, 2.05) is 0 Å². The molecule has 0 radical (unpaired) electrons. The molecule has 0 bridgehead atoms. The van der Waals surface area contributed by atoms with E-state index in [1.54, 1.807) is 24.3 Å². The first-order valence-electron chi connectivity index (χ1n) is 4.05. The smallest absolute Gasteiger partial charge is 0.496 e. The predicted octanol–water partition coefficient (Wildman–Crippen LogP) is 3.10. The molecule has 0 saturated carbocycles. The van der Waals surface area contributed by atoms with Crippen LogP contribution in [-0.4, -0.2) is 14.1 Å². The van der Waals surface area contributed by atoms with Crippen molar-refractivity contribution in [1.29, 1.82) is 0 Å². The topological polar surface area (TPSA) is 9.23 Å². The molecule has 0 atom stereocenters. The van der Waals surface area contributed by atoms with Gasteiger partial charge in [-0.05, 0) is 6.07 Å². The van der Waals surface area contributed by atoms with E-state index in [0.717, 1.165) is 6.08 Å². The van der Waals surface area contributed by atoms with Gasteiger partial charge < -0.3 is 17.7 Å². The van der Waals surface area contributed by atoms with Crippen molar-refractivity contribution < 1.29 is 17.7 Å². The van der Waals surface area contributed by atoms with E-state index >= 15 is 0 Å². The molecule has 0 aliphatic rings. The number of benzene rings is 1. The van der Waals surface area contributed by atoms with Gasteiger partial charge in [-0.3, -0.25) is 0 Å². The molecule has 1 aromatic rings. The molecule has 0 amide bonds. The zero-order valence-electron chi connectivity index (χ0n) is 7.58. The second-order valence-corrected chi connectivity index (χ2v) is 2.73. The molecule has 1 nitrogen and oxygen atoms in total. The van der Waals surface area contributed by atoms with Gasteiger partial charge in [-0.15, -0.1) is 5.98 Å². The van der Waals surface area contributed by atoms with Crippen molar-refractivity contribution in [2.75, 3.05) is 7.11 Å². The van der Waals surface area contributed by atoms with Crippen LogP contribution in [0, 0.1) is 0 Å². The highest BCUT2D eigenvalue weighted by Crippen LogP contribution is 2.20. The minimum Gasteiger partial charge on any atom is -0.496 e. The standard InChI is InChI=1S/C9H9BF3O/c1-14-9-5-3-2-4-8(9)6-7-10(11,12)13/h2-7H,1H3/q-1/b7-6+. The molecule has 76 valence electrons. The van der Waals surface area contributed by atoms with Gasteiger partial charge in [-0.1, -0.05) is 24.3 Å². The van der Waals surface area contributed by atoms with E-state index < -0.39 is 6.98 Å². The monoisotopic (exact) mass is 201 g/mol. The lowest BCUT2D eigenvalue weighted by atomic mass is 9.90. The molecule has 0 heterocycles. The van der Waals surface area contributed by atoms with Crippen LogP contribution >= 0.6 is 0 Å². The summed E-state index contributed by atoms with van der Waals surface area (Å²) in [4.78, 5) is 0. The molecule has 14 heavy (non-hydrogen) atoms. The first-order chi connectivity index (χ1) is 6.53. The van der Waals surface area contributed by atoms with Crippen molar-refractivity contribution in [2.45, 2.75) is 0 Å². The van der Waals surface area contributed by atoms with Gasteiger partial charge in [0.2, 0.25) is 0 Å². The Balaban J connectivity index is 2.91. The summed E-state index contributed by atoms with van der Waals surface area (Å²) in [6, 6.07) is 6.54. The molecular formula is C9H9BF3O-. The summed E-state index contributed by atoms with van der Waals surface area (Å²) in [5.41, 5.74) is 0.425. The molecular weight excluding hydrogens is 192 g/mol. The van der Waals surface area contributed by atoms with Gasteiger partial charge in [-0.25, -0.2) is 0 Å². The van der Waals surface area contributed by atoms with Crippen molar-refractivity contribution in [3.8, 4) is 5.75 Å². The van der Waals surface area contributed by atoms with Crippen molar-refractivity contribution in [2.24, 2.45) is 0 Å². The zero-order chi connectivity index (χ0) is 10.6. The third-order valence-corrected chi connectivity index (χ3v) is 1.63. The lowest BCUT2D eigenvalue weighted by molar-refractivity contribution is 0.414. The molecule has 0 aliphatic heterocycles. The number of hydrogen-bond donors (Lipinski definition) is 0. The van der Waals surface area contributed by atoms with E-state index in [1.165, 1.54) is 7.11 Å². The van der Waals surface area contributed by atoms with Crippen LogP contribution in [0.1, 0.15) is 5.56 Å². The van der Waals surface area contributed by atoms with E-state index in [-0.39, 0.29) is 5.98 Å². The largest absolute Gasteiger partial charge is 0.502 e. The molecule has 0 spiro atoms.